The summed E-state index contributed by atoms with van der Waals surface area (Å²) in [6.45, 7) is 6.70. The number of amides is 1. The molecule has 2 heterocycles. The van der Waals surface area contributed by atoms with E-state index >= 15 is 0 Å². The van der Waals surface area contributed by atoms with Gasteiger partial charge in [-0.2, -0.15) is 0 Å². The van der Waals surface area contributed by atoms with Gasteiger partial charge < -0.3 is 9.72 Å². The molecule has 1 N–H and O–H groups in total. The number of rotatable bonds is 4. The van der Waals surface area contributed by atoms with Gasteiger partial charge in [0.15, 0.2) is 0 Å². The Morgan fingerprint density at radius 3 is 2.70 bits per heavy atom. The van der Waals surface area contributed by atoms with E-state index in [9.17, 15) is 4.79 Å². The highest BCUT2D eigenvalue weighted by Gasteiger charge is 2.07. The quantitative estimate of drug-likeness (QED) is 0.804. The topological polar surface area (TPSA) is 46.4 Å². The Morgan fingerprint density at radius 2 is 1.96 bits per heavy atom. The number of pyridine rings is 1. The molecular formula is C19H21N3O. The highest BCUT2D eigenvalue weighted by Crippen LogP contribution is 2.10. The highest BCUT2D eigenvalue weighted by molar-refractivity contribution is 5.94. The second-order valence-corrected chi connectivity index (χ2v) is 5.93. The zero-order valence-electron chi connectivity index (χ0n) is 13.8. The minimum absolute atomic E-state index is 0.0342. The van der Waals surface area contributed by atoms with E-state index in [1.807, 2.05) is 50.4 Å². The van der Waals surface area contributed by atoms with Crippen LogP contribution in [0.1, 0.15) is 32.9 Å². The Labute approximate surface area is 136 Å². The van der Waals surface area contributed by atoms with E-state index in [1.165, 1.54) is 5.56 Å². The smallest absolute Gasteiger partial charge is 0.251 e. The number of benzene rings is 1. The molecule has 0 saturated carbocycles. The van der Waals surface area contributed by atoms with Crippen LogP contribution in [0.3, 0.4) is 0 Å². The van der Waals surface area contributed by atoms with Gasteiger partial charge in [-0.25, -0.2) is 4.98 Å². The first-order chi connectivity index (χ1) is 11.0. The minimum atomic E-state index is -0.0342. The van der Waals surface area contributed by atoms with Gasteiger partial charge in [0.2, 0.25) is 0 Å². The SMILES string of the molecule is Cc1ccc(C(=O)NCCc2cn3c(C)cccc3n2)cc1C. The molecule has 3 aromatic rings. The van der Waals surface area contributed by atoms with Crippen LogP contribution in [0, 0.1) is 20.8 Å². The third-order valence-corrected chi connectivity index (χ3v) is 4.18. The summed E-state index contributed by atoms with van der Waals surface area (Å²) in [6.07, 6.45) is 2.75. The van der Waals surface area contributed by atoms with Crippen LogP contribution in [0.4, 0.5) is 0 Å². The molecule has 0 spiro atoms. The molecule has 0 fully saturated rings. The number of nitrogens with one attached hydrogen (secondary N) is 1. The fourth-order valence-electron chi connectivity index (χ4n) is 2.61. The second kappa shape index (κ2) is 6.24. The zero-order chi connectivity index (χ0) is 16.4. The summed E-state index contributed by atoms with van der Waals surface area (Å²) in [5.74, 6) is -0.0342. The lowest BCUT2D eigenvalue weighted by Gasteiger charge is -2.06. The molecule has 0 aliphatic rings. The lowest BCUT2D eigenvalue weighted by molar-refractivity contribution is 0.0954. The van der Waals surface area contributed by atoms with Crippen molar-refractivity contribution in [1.82, 2.24) is 14.7 Å². The van der Waals surface area contributed by atoms with Crippen molar-refractivity contribution < 1.29 is 4.79 Å². The molecule has 0 aliphatic heterocycles. The third-order valence-electron chi connectivity index (χ3n) is 4.18. The summed E-state index contributed by atoms with van der Waals surface area (Å²) in [6, 6.07) is 11.8. The molecule has 0 saturated heterocycles. The van der Waals surface area contributed by atoms with Gasteiger partial charge in [-0.15, -0.1) is 0 Å². The fraction of sp³-hybridized carbons (Fsp3) is 0.263. The molecule has 3 rings (SSSR count). The van der Waals surface area contributed by atoms with E-state index in [4.69, 9.17) is 0 Å². The van der Waals surface area contributed by atoms with Crippen molar-refractivity contribution in [2.24, 2.45) is 0 Å². The van der Waals surface area contributed by atoms with E-state index in [1.54, 1.807) is 0 Å². The summed E-state index contributed by atoms with van der Waals surface area (Å²) in [7, 11) is 0. The number of carbonyl (C=O) groups is 1. The van der Waals surface area contributed by atoms with E-state index in [2.05, 4.69) is 27.7 Å². The van der Waals surface area contributed by atoms with Gasteiger partial charge in [-0.05, 0) is 56.2 Å². The number of fused-ring (bicyclic) bond motifs is 1. The Kier molecular flexibility index (Phi) is 4.15. The van der Waals surface area contributed by atoms with Crippen molar-refractivity contribution >= 4 is 11.6 Å². The first-order valence-electron chi connectivity index (χ1n) is 7.83. The number of nitrogens with zero attached hydrogens (tertiary/aromatic N) is 2. The normalized spacial score (nSPS) is 10.9. The third kappa shape index (κ3) is 3.26. The predicted molar refractivity (Wildman–Crippen MR) is 91.9 cm³/mol. The number of hydrogen-bond acceptors (Lipinski definition) is 2. The van der Waals surface area contributed by atoms with Crippen LogP contribution >= 0.6 is 0 Å². The zero-order valence-corrected chi connectivity index (χ0v) is 13.8. The van der Waals surface area contributed by atoms with Crippen LogP contribution in [-0.2, 0) is 6.42 Å². The van der Waals surface area contributed by atoms with Crippen molar-refractivity contribution in [2.75, 3.05) is 6.54 Å². The fourth-order valence-corrected chi connectivity index (χ4v) is 2.61. The van der Waals surface area contributed by atoms with Gasteiger partial charge >= 0.3 is 0 Å². The summed E-state index contributed by atoms with van der Waals surface area (Å²) < 4.78 is 2.07. The molecule has 0 radical (unpaired) electrons. The van der Waals surface area contributed by atoms with Crippen molar-refractivity contribution in [1.29, 1.82) is 0 Å². The largest absolute Gasteiger partial charge is 0.352 e. The van der Waals surface area contributed by atoms with Crippen LogP contribution in [0.25, 0.3) is 5.65 Å². The number of imidazole rings is 1. The standard InChI is InChI=1S/C19H21N3O/c1-13-7-8-16(11-14(13)2)19(23)20-10-9-17-12-22-15(3)5-4-6-18(22)21-17/h4-8,11-12H,9-10H2,1-3H3,(H,20,23). The molecule has 0 bridgehead atoms. The molecule has 1 amide bonds. The molecular weight excluding hydrogens is 286 g/mol. The van der Waals surface area contributed by atoms with Gasteiger partial charge in [0, 0.05) is 30.4 Å². The van der Waals surface area contributed by atoms with Gasteiger partial charge in [0.25, 0.3) is 5.91 Å². The van der Waals surface area contributed by atoms with Crippen LogP contribution < -0.4 is 5.32 Å². The summed E-state index contributed by atoms with van der Waals surface area (Å²) in [5.41, 5.74) is 6.12. The average Bonchev–Trinajstić information content (AvgIpc) is 2.94. The van der Waals surface area contributed by atoms with Crippen LogP contribution in [0.2, 0.25) is 0 Å². The molecule has 23 heavy (non-hydrogen) atoms. The maximum Gasteiger partial charge on any atom is 0.251 e. The Bertz CT molecular complexity index is 864. The monoisotopic (exact) mass is 307 g/mol. The van der Waals surface area contributed by atoms with Crippen molar-refractivity contribution in [3.8, 4) is 0 Å². The van der Waals surface area contributed by atoms with Gasteiger partial charge in [-0.1, -0.05) is 12.1 Å². The van der Waals surface area contributed by atoms with E-state index in [-0.39, 0.29) is 5.91 Å². The summed E-state index contributed by atoms with van der Waals surface area (Å²) >= 11 is 0. The van der Waals surface area contributed by atoms with Crippen molar-refractivity contribution in [2.45, 2.75) is 27.2 Å². The Balaban J connectivity index is 1.62. The van der Waals surface area contributed by atoms with Crippen LogP contribution in [0.5, 0.6) is 0 Å². The number of carbonyl (C=O) groups excluding carboxylic acids is 1. The van der Waals surface area contributed by atoms with Gasteiger partial charge in [0.1, 0.15) is 5.65 Å². The summed E-state index contributed by atoms with van der Waals surface area (Å²) in [4.78, 5) is 16.8. The molecule has 118 valence electrons. The first kappa shape index (κ1) is 15.3. The molecule has 4 heteroatoms. The van der Waals surface area contributed by atoms with E-state index in [0.717, 1.165) is 29.0 Å². The van der Waals surface area contributed by atoms with Gasteiger partial charge in [-0.3, -0.25) is 4.79 Å². The first-order valence-corrected chi connectivity index (χ1v) is 7.83. The van der Waals surface area contributed by atoms with E-state index in [0.29, 0.717) is 12.1 Å². The van der Waals surface area contributed by atoms with Crippen LogP contribution in [-0.4, -0.2) is 21.8 Å². The van der Waals surface area contributed by atoms with Crippen LogP contribution in [0.15, 0.2) is 42.6 Å². The van der Waals surface area contributed by atoms with Gasteiger partial charge in [0.05, 0.1) is 5.69 Å². The summed E-state index contributed by atoms with van der Waals surface area (Å²) in [5, 5.41) is 2.96. The molecule has 1 aromatic carbocycles. The Hall–Kier alpha value is -2.62. The predicted octanol–water partition coefficient (Wildman–Crippen LogP) is 3.23. The van der Waals surface area contributed by atoms with Crippen molar-refractivity contribution in [3.63, 3.8) is 0 Å². The molecule has 0 aliphatic carbocycles. The maximum absolute atomic E-state index is 12.2. The Morgan fingerprint density at radius 1 is 1.13 bits per heavy atom. The van der Waals surface area contributed by atoms with Crippen molar-refractivity contribution in [3.05, 3.63) is 70.7 Å². The van der Waals surface area contributed by atoms with E-state index < -0.39 is 0 Å². The number of aryl methyl sites for hydroxylation is 3. The lowest BCUT2D eigenvalue weighted by atomic mass is 10.1. The average molecular weight is 307 g/mol. The number of hydrogen-bond donors (Lipinski definition) is 1. The lowest BCUT2D eigenvalue weighted by Crippen LogP contribution is -2.25. The maximum atomic E-state index is 12.2. The molecule has 2 aromatic heterocycles. The molecule has 4 nitrogen and oxygen atoms in total. The second-order valence-electron chi connectivity index (χ2n) is 5.93. The number of aromatic nitrogens is 2. The minimum Gasteiger partial charge on any atom is -0.352 e. The highest BCUT2D eigenvalue weighted by atomic mass is 16.1. The molecule has 0 atom stereocenters. The molecule has 0 unspecified atom stereocenters.